The summed E-state index contributed by atoms with van der Waals surface area (Å²) < 4.78 is 30.7. The van der Waals surface area contributed by atoms with E-state index < -0.39 is 16.7 Å². The van der Waals surface area contributed by atoms with Crippen molar-refractivity contribution in [2.45, 2.75) is 13.3 Å². The van der Waals surface area contributed by atoms with Gasteiger partial charge in [-0.15, -0.1) is 0 Å². The maximum atomic E-state index is 14.1. The fraction of sp³-hybridized carbons (Fsp3) is 0.154. The number of carbonyl (C=O) groups excluding carboxylic acids is 1. The molecule has 0 radical (unpaired) electrons. The Morgan fingerprint density at radius 3 is 2.63 bits per heavy atom. The number of nitro benzene ring substituents is 1. The standard InChI is InChI=1S/C26H21FN2O6/c1-17-6-4-7-20(14-17)33-12-5-13-34-24-11-10-19(29(31)32)15-18(24)16-23-26(30)35-25(28-23)21-8-2-3-9-22(21)27/h2-4,6-11,14-16H,5,12-13H2,1H3. The molecule has 0 N–H and O–H groups in total. The van der Waals surface area contributed by atoms with E-state index in [1.54, 1.807) is 6.07 Å². The van der Waals surface area contributed by atoms with Crippen LogP contribution in [0.5, 0.6) is 11.5 Å². The molecule has 0 saturated carbocycles. The molecule has 0 bridgehead atoms. The number of nitrogens with zero attached hydrogens (tertiary/aromatic N) is 2. The maximum Gasteiger partial charge on any atom is 0.363 e. The van der Waals surface area contributed by atoms with Crippen LogP contribution < -0.4 is 9.47 Å². The number of hydrogen-bond acceptors (Lipinski definition) is 7. The smallest absolute Gasteiger partial charge is 0.363 e. The van der Waals surface area contributed by atoms with E-state index in [-0.39, 0.29) is 35.0 Å². The minimum Gasteiger partial charge on any atom is -0.493 e. The second kappa shape index (κ2) is 10.6. The number of aliphatic imine (C=N–C) groups is 1. The van der Waals surface area contributed by atoms with Crippen LogP contribution in [0, 0.1) is 22.9 Å². The highest BCUT2D eigenvalue weighted by Crippen LogP contribution is 2.29. The van der Waals surface area contributed by atoms with Crippen molar-refractivity contribution in [1.82, 2.24) is 0 Å². The minimum atomic E-state index is -0.799. The zero-order valence-corrected chi connectivity index (χ0v) is 18.8. The van der Waals surface area contributed by atoms with Crippen molar-refractivity contribution in [2.24, 2.45) is 4.99 Å². The normalized spacial score (nSPS) is 13.9. The number of aryl methyl sites for hydroxylation is 1. The van der Waals surface area contributed by atoms with Crippen LogP contribution in [0.25, 0.3) is 6.08 Å². The van der Waals surface area contributed by atoms with Gasteiger partial charge in [-0.2, -0.15) is 0 Å². The van der Waals surface area contributed by atoms with Crippen LogP contribution in [-0.4, -0.2) is 30.0 Å². The zero-order chi connectivity index (χ0) is 24.8. The van der Waals surface area contributed by atoms with Crippen LogP contribution in [0.4, 0.5) is 10.1 Å². The average Bonchev–Trinajstić information content (AvgIpc) is 3.19. The topological polar surface area (TPSA) is 100 Å². The molecule has 0 saturated heterocycles. The van der Waals surface area contributed by atoms with E-state index in [0.29, 0.717) is 18.8 Å². The molecule has 9 heteroatoms. The van der Waals surface area contributed by atoms with Gasteiger partial charge in [0, 0.05) is 24.1 Å². The molecule has 3 aromatic carbocycles. The molecule has 1 aliphatic heterocycles. The van der Waals surface area contributed by atoms with Crippen LogP contribution >= 0.6 is 0 Å². The minimum absolute atomic E-state index is 0.0355. The Morgan fingerprint density at radius 1 is 1.06 bits per heavy atom. The third kappa shape index (κ3) is 5.89. The summed E-state index contributed by atoms with van der Waals surface area (Å²) in [6.07, 6.45) is 1.88. The number of esters is 1. The molecule has 178 valence electrons. The lowest BCUT2D eigenvalue weighted by molar-refractivity contribution is -0.384. The van der Waals surface area contributed by atoms with E-state index in [9.17, 15) is 19.3 Å². The second-order valence-corrected chi connectivity index (χ2v) is 7.66. The fourth-order valence-electron chi connectivity index (χ4n) is 3.34. The molecule has 0 unspecified atom stereocenters. The van der Waals surface area contributed by atoms with Gasteiger partial charge >= 0.3 is 5.97 Å². The molecule has 1 aliphatic rings. The molecule has 0 atom stereocenters. The van der Waals surface area contributed by atoms with E-state index in [2.05, 4.69) is 4.99 Å². The summed E-state index contributed by atoms with van der Waals surface area (Å²) in [6, 6.07) is 17.5. The number of halogens is 1. The molecule has 1 heterocycles. The van der Waals surface area contributed by atoms with Crippen LogP contribution in [0.1, 0.15) is 23.1 Å². The van der Waals surface area contributed by atoms with Crippen molar-refractivity contribution >= 4 is 23.6 Å². The molecule has 0 fully saturated rings. The van der Waals surface area contributed by atoms with Gasteiger partial charge in [-0.25, -0.2) is 14.2 Å². The molecule has 3 aromatic rings. The second-order valence-electron chi connectivity index (χ2n) is 7.66. The predicted molar refractivity (Wildman–Crippen MR) is 127 cm³/mol. The fourth-order valence-corrected chi connectivity index (χ4v) is 3.34. The highest BCUT2D eigenvalue weighted by molar-refractivity contribution is 6.13. The van der Waals surface area contributed by atoms with E-state index in [4.69, 9.17) is 14.2 Å². The lowest BCUT2D eigenvalue weighted by Gasteiger charge is -2.10. The van der Waals surface area contributed by atoms with Crippen LogP contribution in [0.2, 0.25) is 0 Å². The summed E-state index contributed by atoms with van der Waals surface area (Å²) in [5.41, 5.74) is 1.08. The van der Waals surface area contributed by atoms with Gasteiger partial charge in [-0.05, 0) is 48.9 Å². The van der Waals surface area contributed by atoms with Crippen molar-refractivity contribution in [1.29, 1.82) is 0 Å². The number of hydrogen-bond donors (Lipinski definition) is 0. The van der Waals surface area contributed by atoms with Crippen LogP contribution in [-0.2, 0) is 9.53 Å². The van der Waals surface area contributed by atoms with E-state index in [1.807, 2.05) is 31.2 Å². The lowest BCUT2D eigenvalue weighted by Crippen LogP contribution is -2.07. The van der Waals surface area contributed by atoms with Gasteiger partial charge in [0.05, 0.1) is 23.7 Å². The largest absolute Gasteiger partial charge is 0.493 e. The first-order chi connectivity index (χ1) is 16.9. The molecule has 0 aromatic heterocycles. The highest BCUT2D eigenvalue weighted by Gasteiger charge is 2.26. The number of cyclic esters (lactones) is 1. The SMILES string of the molecule is Cc1cccc(OCCCOc2ccc([N+](=O)[O-])cc2C=C2N=C(c3ccccc3F)OC2=O)c1. The molecule has 8 nitrogen and oxygen atoms in total. The monoisotopic (exact) mass is 476 g/mol. The number of carbonyl (C=O) groups is 1. The summed E-state index contributed by atoms with van der Waals surface area (Å²) in [7, 11) is 0. The van der Waals surface area contributed by atoms with Gasteiger partial charge in [0.2, 0.25) is 5.90 Å². The summed E-state index contributed by atoms with van der Waals surface area (Å²) in [4.78, 5) is 27.1. The number of non-ortho nitro benzene ring substituents is 1. The van der Waals surface area contributed by atoms with Gasteiger partial charge in [-0.1, -0.05) is 24.3 Å². The van der Waals surface area contributed by atoms with E-state index in [0.717, 1.165) is 11.3 Å². The molecule has 4 rings (SSSR count). The highest BCUT2D eigenvalue weighted by atomic mass is 19.1. The summed E-state index contributed by atoms with van der Waals surface area (Å²) in [5.74, 6) is -0.490. The Balaban J connectivity index is 1.50. The third-order valence-corrected chi connectivity index (χ3v) is 5.03. The third-order valence-electron chi connectivity index (χ3n) is 5.03. The molecular formula is C26H21FN2O6. The first-order valence-electron chi connectivity index (χ1n) is 10.8. The molecule has 0 spiro atoms. The zero-order valence-electron chi connectivity index (χ0n) is 18.8. The molecule has 35 heavy (non-hydrogen) atoms. The summed E-state index contributed by atoms with van der Waals surface area (Å²) in [6.45, 7) is 2.66. The lowest BCUT2D eigenvalue weighted by atomic mass is 10.1. The van der Waals surface area contributed by atoms with Crippen molar-refractivity contribution in [2.75, 3.05) is 13.2 Å². The van der Waals surface area contributed by atoms with Gasteiger partial charge in [0.15, 0.2) is 5.70 Å². The van der Waals surface area contributed by atoms with Crippen molar-refractivity contribution in [3.05, 3.63) is 105 Å². The number of benzene rings is 3. The van der Waals surface area contributed by atoms with Gasteiger partial charge in [0.1, 0.15) is 17.3 Å². The Kier molecular flexibility index (Phi) is 7.15. The van der Waals surface area contributed by atoms with Gasteiger partial charge in [-0.3, -0.25) is 10.1 Å². The Morgan fingerprint density at radius 2 is 1.86 bits per heavy atom. The molecular weight excluding hydrogens is 455 g/mol. The van der Waals surface area contributed by atoms with Crippen molar-refractivity contribution in [3.8, 4) is 11.5 Å². The van der Waals surface area contributed by atoms with Crippen molar-refractivity contribution in [3.63, 3.8) is 0 Å². The molecule has 0 amide bonds. The molecule has 0 aliphatic carbocycles. The Labute approximate surface area is 200 Å². The van der Waals surface area contributed by atoms with Crippen LogP contribution in [0.3, 0.4) is 0 Å². The van der Waals surface area contributed by atoms with Gasteiger partial charge < -0.3 is 14.2 Å². The quantitative estimate of drug-likeness (QED) is 0.138. The number of rotatable bonds is 9. The first-order valence-corrected chi connectivity index (χ1v) is 10.8. The van der Waals surface area contributed by atoms with Gasteiger partial charge in [0.25, 0.3) is 5.69 Å². The number of nitro groups is 1. The maximum absolute atomic E-state index is 14.1. The summed E-state index contributed by atoms with van der Waals surface area (Å²) >= 11 is 0. The average molecular weight is 476 g/mol. The van der Waals surface area contributed by atoms with E-state index in [1.165, 1.54) is 42.5 Å². The predicted octanol–water partition coefficient (Wildman–Crippen LogP) is 5.23. The Hall–Kier alpha value is -4.53. The van der Waals surface area contributed by atoms with Crippen LogP contribution in [0.15, 0.2) is 77.4 Å². The Bertz CT molecular complexity index is 1330. The first kappa shape index (κ1) is 23.6. The summed E-state index contributed by atoms with van der Waals surface area (Å²) in [5, 5.41) is 11.3. The number of ether oxygens (including phenoxy) is 3. The van der Waals surface area contributed by atoms with Crippen molar-refractivity contribution < 1.29 is 28.3 Å². The van der Waals surface area contributed by atoms with E-state index >= 15 is 0 Å².